The second kappa shape index (κ2) is 6.07. The van der Waals surface area contributed by atoms with E-state index in [2.05, 4.69) is 0 Å². The molecule has 2 amide bonds. The molecule has 1 fully saturated rings. The number of benzene rings is 1. The minimum atomic E-state index is -0.461. The molecule has 0 atom stereocenters. The van der Waals surface area contributed by atoms with Crippen molar-refractivity contribution in [2.75, 3.05) is 26.2 Å². The van der Waals surface area contributed by atoms with Gasteiger partial charge in [0.1, 0.15) is 5.82 Å². The summed E-state index contributed by atoms with van der Waals surface area (Å²) in [5, 5.41) is 0.547. The van der Waals surface area contributed by atoms with Crippen LogP contribution in [0.2, 0.25) is 0 Å². The van der Waals surface area contributed by atoms with E-state index in [1.807, 2.05) is 0 Å². The van der Waals surface area contributed by atoms with Crippen LogP contribution in [0.1, 0.15) is 29.0 Å². The fourth-order valence-electron chi connectivity index (χ4n) is 3.03. The van der Waals surface area contributed by atoms with Gasteiger partial charge in [0.05, 0.1) is 11.1 Å². The minimum Gasteiger partial charge on any atom is -0.339 e. The van der Waals surface area contributed by atoms with Crippen molar-refractivity contribution >= 4 is 28.6 Å². The molecule has 2 heterocycles. The molecule has 2 aromatic rings. The van der Waals surface area contributed by atoms with E-state index in [0.717, 1.165) is 0 Å². The van der Waals surface area contributed by atoms with Crippen LogP contribution in [0.3, 0.4) is 0 Å². The lowest BCUT2D eigenvalue weighted by Gasteiger charge is -2.34. The van der Waals surface area contributed by atoms with Gasteiger partial charge in [-0.1, -0.05) is 0 Å². The Kier molecular flexibility index (Phi) is 4.09. The molecule has 0 unspecified atom stereocenters. The SMILES string of the molecule is CC(=O)N1CCN(C(=O)c2cn(C(C)=O)c3cc(F)ccc23)CC1. The Labute approximate surface area is 138 Å². The second-order valence-corrected chi connectivity index (χ2v) is 5.89. The van der Waals surface area contributed by atoms with Gasteiger partial charge in [-0.2, -0.15) is 0 Å². The lowest BCUT2D eigenvalue weighted by Crippen LogP contribution is -2.50. The van der Waals surface area contributed by atoms with E-state index in [9.17, 15) is 18.8 Å². The van der Waals surface area contributed by atoms with E-state index < -0.39 is 5.82 Å². The van der Waals surface area contributed by atoms with Crippen LogP contribution in [-0.4, -0.2) is 58.3 Å². The summed E-state index contributed by atoms with van der Waals surface area (Å²) in [5.74, 6) is -0.969. The molecule has 7 heteroatoms. The van der Waals surface area contributed by atoms with Crippen LogP contribution in [0.5, 0.6) is 0 Å². The van der Waals surface area contributed by atoms with Gasteiger partial charge >= 0.3 is 0 Å². The van der Waals surface area contributed by atoms with E-state index >= 15 is 0 Å². The van der Waals surface area contributed by atoms with Crippen molar-refractivity contribution in [1.29, 1.82) is 0 Å². The molecule has 1 aliphatic rings. The normalized spacial score (nSPS) is 15.0. The van der Waals surface area contributed by atoms with E-state index in [0.29, 0.717) is 42.6 Å². The molecular weight excluding hydrogens is 313 g/mol. The maximum atomic E-state index is 13.5. The monoisotopic (exact) mass is 331 g/mol. The molecule has 126 valence electrons. The van der Waals surface area contributed by atoms with Crippen LogP contribution in [0.25, 0.3) is 10.9 Å². The number of nitrogens with zero attached hydrogens (tertiary/aromatic N) is 3. The maximum absolute atomic E-state index is 13.5. The van der Waals surface area contributed by atoms with Crippen molar-refractivity contribution in [3.8, 4) is 0 Å². The number of fused-ring (bicyclic) bond motifs is 1. The summed E-state index contributed by atoms with van der Waals surface area (Å²) in [6.07, 6.45) is 1.46. The summed E-state index contributed by atoms with van der Waals surface area (Å²) in [6.45, 7) is 4.72. The smallest absolute Gasteiger partial charge is 0.256 e. The number of piperazine rings is 1. The fraction of sp³-hybridized carbons (Fsp3) is 0.353. The molecule has 1 saturated heterocycles. The zero-order chi connectivity index (χ0) is 17.4. The summed E-state index contributed by atoms with van der Waals surface area (Å²) in [7, 11) is 0. The van der Waals surface area contributed by atoms with Gasteiger partial charge in [0.2, 0.25) is 11.8 Å². The first-order valence-electron chi connectivity index (χ1n) is 7.75. The average molecular weight is 331 g/mol. The highest BCUT2D eigenvalue weighted by Gasteiger charge is 2.26. The number of halogens is 1. The summed E-state index contributed by atoms with van der Waals surface area (Å²) in [6, 6.07) is 4.04. The first-order valence-corrected chi connectivity index (χ1v) is 7.75. The second-order valence-electron chi connectivity index (χ2n) is 5.89. The Bertz CT molecular complexity index is 835. The summed E-state index contributed by atoms with van der Waals surface area (Å²) in [5.41, 5.74) is 0.754. The molecule has 6 nitrogen and oxygen atoms in total. The zero-order valence-corrected chi connectivity index (χ0v) is 13.6. The first-order chi connectivity index (χ1) is 11.4. The van der Waals surface area contributed by atoms with Gasteiger partial charge in [-0.3, -0.25) is 19.0 Å². The molecule has 1 aromatic carbocycles. The van der Waals surface area contributed by atoms with Gasteiger partial charge in [-0.05, 0) is 18.2 Å². The van der Waals surface area contributed by atoms with Gasteiger partial charge in [-0.25, -0.2) is 4.39 Å². The molecule has 0 radical (unpaired) electrons. The largest absolute Gasteiger partial charge is 0.339 e. The third kappa shape index (κ3) is 2.77. The lowest BCUT2D eigenvalue weighted by molar-refractivity contribution is -0.130. The standard InChI is InChI=1S/C17H18FN3O3/c1-11(22)19-5-7-20(8-6-19)17(24)15-10-21(12(2)23)16-9-13(18)3-4-14(15)16/h3-4,9-10H,5-8H2,1-2H3. The third-order valence-electron chi connectivity index (χ3n) is 4.35. The van der Waals surface area contributed by atoms with E-state index in [1.165, 1.54) is 42.8 Å². The molecule has 0 spiro atoms. The Morgan fingerprint density at radius 2 is 1.58 bits per heavy atom. The molecule has 0 saturated carbocycles. The van der Waals surface area contributed by atoms with Crippen LogP contribution in [0.15, 0.2) is 24.4 Å². The predicted molar refractivity (Wildman–Crippen MR) is 86.4 cm³/mol. The van der Waals surface area contributed by atoms with Gasteiger partial charge < -0.3 is 9.80 Å². The molecule has 24 heavy (non-hydrogen) atoms. The number of hydrogen-bond acceptors (Lipinski definition) is 3. The molecule has 0 N–H and O–H groups in total. The Morgan fingerprint density at radius 3 is 2.17 bits per heavy atom. The highest BCUT2D eigenvalue weighted by Crippen LogP contribution is 2.24. The molecule has 0 bridgehead atoms. The van der Waals surface area contributed by atoms with Gasteiger partial charge in [0.25, 0.3) is 5.91 Å². The Hall–Kier alpha value is -2.70. The Morgan fingerprint density at radius 1 is 0.958 bits per heavy atom. The third-order valence-corrected chi connectivity index (χ3v) is 4.35. The van der Waals surface area contributed by atoms with Crippen LogP contribution in [0.4, 0.5) is 4.39 Å². The van der Waals surface area contributed by atoms with Crippen molar-refractivity contribution in [1.82, 2.24) is 14.4 Å². The minimum absolute atomic E-state index is 0.00856. The molecule has 1 aliphatic heterocycles. The summed E-state index contributed by atoms with van der Waals surface area (Å²) < 4.78 is 14.8. The van der Waals surface area contributed by atoms with Crippen molar-refractivity contribution in [3.05, 3.63) is 35.8 Å². The molecule has 1 aromatic heterocycles. The van der Waals surface area contributed by atoms with Crippen molar-refractivity contribution in [2.45, 2.75) is 13.8 Å². The van der Waals surface area contributed by atoms with Crippen molar-refractivity contribution < 1.29 is 18.8 Å². The van der Waals surface area contributed by atoms with E-state index in [1.54, 1.807) is 9.80 Å². The number of carbonyl (C=O) groups excluding carboxylic acids is 3. The summed E-state index contributed by atoms with van der Waals surface area (Å²) >= 11 is 0. The number of hydrogen-bond donors (Lipinski definition) is 0. The Balaban J connectivity index is 1.93. The topological polar surface area (TPSA) is 62.6 Å². The highest BCUT2D eigenvalue weighted by atomic mass is 19.1. The molecular formula is C17H18FN3O3. The van der Waals surface area contributed by atoms with Crippen molar-refractivity contribution in [2.24, 2.45) is 0 Å². The van der Waals surface area contributed by atoms with Crippen LogP contribution < -0.4 is 0 Å². The van der Waals surface area contributed by atoms with Crippen LogP contribution in [0, 0.1) is 5.82 Å². The van der Waals surface area contributed by atoms with Gasteiger partial charge in [0, 0.05) is 51.6 Å². The van der Waals surface area contributed by atoms with Crippen molar-refractivity contribution in [3.63, 3.8) is 0 Å². The zero-order valence-electron chi connectivity index (χ0n) is 13.6. The number of rotatable bonds is 1. The molecule has 0 aliphatic carbocycles. The number of carbonyl (C=O) groups is 3. The predicted octanol–water partition coefficient (Wildman–Crippen LogP) is 1.74. The number of amides is 2. The fourth-order valence-corrected chi connectivity index (χ4v) is 3.03. The first kappa shape index (κ1) is 16.2. The maximum Gasteiger partial charge on any atom is 0.256 e. The van der Waals surface area contributed by atoms with Gasteiger partial charge in [0.15, 0.2) is 0 Å². The summed E-state index contributed by atoms with van der Waals surface area (Å²) in [4.78, 5) is 39.3. The van der Waals surface area contributed by atoms with E-state index in [4.69, 9.17) is 0 Å². The van der Waals surface area contributed by atoms with E-state index in [-0.39, 0.29) is 17.7 Å². The van der Waals surface area contributed by atoms with Gasteiger partial charge in [-0.15, -0.1) is 0 Å². The average Bonchev–Trinajstić information content (AvgIpc) is 2.93. The number of aromatic nitrogens is 1. The highest BCUT2D eigenvalue weighted by molar-refractivity contribution is 6.09. The lowest BCUT2D eigenvalue weighted by atomic mass is 10.1. The van der Waals surface area contributed by atoms with Crippen LogP contribution >= 0.6 is 0 Å². The van der Waals surface area contributed by atoms with Crippen LogP contribution in [-0.2, 0) is 4.79 Å². The quantitative estimate of drug-likeness (QED) is 0.800. The molecule has 3 rings (SSSR count).